The lowest BCUT2D eigenvalue weighted by Crippen LogP contribution is -2.47. The Kier molecular flexibility index (Phi) is 5.93. The number of rotatable bonds is 6. The van der Waals surface area contributed by atoms with Gasteiger partial charge in [0.25, 0.3) is 5.56 Å². The van der Waals surface area contributed by atoms with Crippen LogP contribution in [0.5, 0.6) is 0 Å². The first-order valence-corrected chi connectivity index (χ1v) is 11.2. The van der Waals surface area contributed by atoms with Gasteiger partial charge in [-0.3, -0.25) is 14.5 Å². The van der Waals surface area contributed by atoms with Gasteiger partial charge in [-0.2, -0.15) is 0 Å². The summed E-state index contributed by atoms with van der Waals surface area (Å²) in [5, 5.41) is 13.2. The van der Waals surface area contributed by atoms with Gasteiger partial charge in [-0.1, -0.05) is 13.0 Å². The zero-order valence-corrected chi connectivity index (χ0v) is 17.6. The molecule has 1 amide bonds. The molecule has 4 rings (SSSR count). The highest BCUT2D eigenvalue weighted by Crippen LogP contribution is 2.48. The lowest BCUT2D eigenvalue weighted by molar-refractivity contribution is -0.127. The molecule has 1 aromatic rings. The molecular weight excluding hydrogens is 366 g/mol. The Bertz CT molecular complexity index is 859. The number of pyridine rings is 1. The molecule has 4 atom stereocenters. The minimum atomic E-state index is -0.329. The van der Waals surface area contributed by atoms with Crippen LogP contribution in [-0.4, -0.2) is 46.2 Å². The highest BCUT2D eigenvalue weighted by molar-refractivity contribution is 5.80. The number of carbonyl (C=O) groups excluding carboxylic acids is 1. The van der Waals surface area contributed by atoms with Crippen LogP contribution in [0.4, 0.5) is 0 Å². The molecule has 2 N–H and O–H groups in total. The van der Waals surface area contributed by atoms with Gasteiger partial charge in [-0.15, -0.1) is 0 Å². The Morgan fingerprint density at radius 3 is 2.76 bits per heavy atom. The summed E-state index contributed by atoms with van der Waals surface area (Å²) in [5.41, 5.74) is 2.97. The van der Waals surface area contributed by atoms with Gasteiger partial charge in [0.1, 0.15) is 0 Å². The average molecular weight is 400 g/mol. The molecule has 2 bridgehead atoms. The number of amides is 1. The number of nitrogens with zero attached hydrogens (tertiary/aromatic N) is 2. The zero-order valence-electron chi connectivity index (χ0n) is 17.6. The predicted octanol–water partition coefficient (Wildman–Crippen LogP) is 2.32. The summed E-state index contributed by atoms with van der Waals surface area (Å²) in [7, 11) is 0. The van der Waals surface area contributed by atoms with Gasteiger partial charge < -0.3 is 15.0 Å². The molecular formula is C23H33N3O3. The van der Waals surface area contributed by atoms with Crippen molar-refractivity contribution in [3.05, 3.63) is 39.8 Å². The van der Waals surface area contributed by atoms with Crippen LogP contribution in [0.1, 0.15) is 63.3 Å². The largest absolute Gasteiger partial charge is 0.396 e. The Morgan fingerprint density at radius 2 is 2.10 bits per heavy atom. The second kappa shape index (κ2) is 8.44. The molecule has 6 heteroatoms. The number of hydrogen-bond acceptors (Lipinski definition) is 4. The van der Waals surface area contributed by atoms with Crippen LogP contribution in [0.2, 0.25) is 0 Å². The quantitative estimate of drug-likeness (QED) is 0.770. The number of nitrogens with one attached hydrogen (secondary N) is 1. The summed E-state index contributed by atoms with van der Waals surface area (Å²) in [4.78, 5) is 28.8. The van der Waals surface area contributed by atoms with Gasteiger partial charge in [0.05, 0.1) is 12.0 Å². The third-order valence-electron chi connectivity index (χ3n) is 6.94. The summed E-state index contributed by atoms with van der Waals surface area (Å²) >= 11 is 0. The molecule has 3 aliphatic rings. The smallest absolute Gasteiger partial charge is 0.258 e. The Labute approximate surface area is 172 Å². The van der Waals surface area contributed by atoms with Crippen LogP contribution in [0.3, 0.4) is 0 Å². The fraction of sp³-hybridized carbons (Fsp3) is 0.652. The lowest BCUT2D eigenvalue weighted by atomic mass is 9.86. The van der Waals surface area contributed by atoms with Crippen molar-refractivity contribution in [1.82, 2.24) is 14.8 Å². The fourth-order valence-corrected chi connectivity index (χ4v) is 5.71. The summed E-state index contributed by atoms with van der Waals surface area (Å²) in [6.45, 7) is 5.99. The number of carbonyl (C=O) groups is 1. The minimum Gasteiger partial charge on any atom is -0.396 e. The van der Waals surface area contributed by atoms with Gasteiger partial charge in [-0.05, 0) is 63.3 Å². The monoisotopic (exact) mass is 399 g/mol. The van der Waals surface area contributed by atoms with Gasteiger partial charge in [0, 0.05) is 42.9 Å². The van der Waals surface area contributed by atoms with Crippen LogP contribution in [0.15, 0.2) is 23.0 Å². The molecule has 1 fully saturated rings. The normalized spacial score (nSPS) is 28.7. The minimum absolute atomic E-state index is 0.0124. The fourth-order valence-electron chi connectivity index (χ4n) is 5.71. The van der Waals surface area contributed by atoms with E-state index in [0.717, 1.165) is 43.5 Å². The summed E-state index contributed by atoms with van der Waals surface area (Å²) in [5.74, 6) is -0.501. The Hall–Kier alpha value is -1.92. The first-order chi connectivity index (χ1) is 14.1. The Balaban J connectivity index is 1.80. The Morgan fingerprint density at radius 1 is 1.28 bits per heavy atom. The summed E-state index contributed by atoms with van der Waals surface area (Å²) < 4.78 is 1.90. The van der Waals surface area contributed by atoms with Crippen molar-refractivity contribution in [2.45, 2.75) is 64.6 Å². The SMILES string of the molecule is CCCN1[C@@H]2Cn3c(ccc(C4=CCCCC4)c3=O)[C@H]1[C@@H](C(=O)NCC)[C@@H]2CO. The maximum absolute atomic E-state index is 13.4. The molecule has 6 nitrogen and oxygen atoms in total. The molecule has 158 valence electrons. The van der Waals surface area contributed by atoms with Crippen molar-refractivity contribution in [2.75, 3.05) is 19.7 Å². The number of aliphatic hydroxyl groups excluding tert-OH is 1. The standard InChI is InChI=1S/C23H33N3O3/c1-3-12-25-19-13-26-18(21(25)20(17(19)14-27)22(28)24-4-2)11-10-16(23(26)29)15-8-6-5-7-9-15/h8,10-11,17,19-21,27H,3-7,9,12-14H2,1-2H3,(H,24,28)/t17-,19-,20+,21+/m1/s1. The first kappa shape index (κ1) is 20.4. The first-order valence-electron chi connectivity index (χ1n) is 11.2. The van der Waals surface area contributed by atoms with Crippen LogP contribution >= 0.6 is 0 Å². The van der Waals surface area contributed by atoms with E-state index in [4.69, 9.17) is 0 Å². The maximum atomic E-state index is 13.4. The van der Waals surface area contributed by atoms with Crippen molar-refractivity contribution in [3.8, 4) is 0 Å². The molecule has 0 radical (unpaired) electrons. The molecule has 29 heavy (non-hydrogen) atoms. The van der Waals surface area contributed by atoms with Gasteiger partial charge in [0.15, 0.2) is 0 Å². The van der Waals surface area contributed by atoms with E-state index >= 15 is 0 Å². The van der Waals surface area contributed by atoms with Gasteiger partial charge in [-0.25, -0.2) is 0 Å². The van der Waals surface area contributed by atoms with E-state index in [2.05, 4.69) is 29.3 Å². The third kappa shape index (κ3) is 3.36. The lowest BCUT2D eigenvalue weighted by Gasteiger charge is -2.38. The van der Waals surface area contributed by atoms with E-state index < -0.39 is 0 Å². The van der Waals surface area contributed by atoms with Crippen molar-refractivity contribution in [2.24, 2.45) is 11.8 Å². The van der Waals surface area contributed by atoms with E-state index in [1.807, 2.05) is 17.6 Å². The molecule has 1 aliphatic carbocycles. The van der Waals surface area contributed by atoms with Crippen molar-refractivity contribution < 1.29 is 9.90 Å². The van der Waals surface area contributed by atoms with Crippen molar-refractivity contribution >= 4 is 11.5 Å². The molecule has 0 saturated carbocycles. The van der Waals surface area contributed by atoms with Gasteiger partial charge >= 0.3 is 0 Å². The second-order valence-corrected chi connectivity index (χ2v) is 8.58. The maximum Gasteiger partial charge on any atom is 0.258 e. The molecule has 0 spiro atoms. The van der Waals surface area contributed by atoms with E-state index in [1.165, 1.54) is 12.0 Å². The van der Waals surface area contributed by atoms with Gasteiger partial charge in [0.2, 0.25) is 5.91 Å². The van der Waals surface area contributed by atoms with Crippen LogP contribution in [0.25, 0.3) is 5.57 Å². The molecule has 0 unspecified atom stereocenters. The molecule has 1 saturated heterocycles. The van der Waals surface area contributed by atoms with E-state index in [0.29, 0.717) is 13.1 Å². The zero-order chi connectivity index (χ0) is 20.5. The van der Waals surface area contributed by atoms with Crippen LogP contribution < -0.4 is 10.9 Å². The molecule has 2 aliphatic heterocycles. The predicted molar refractivity (Wildman–Crippen MR) is 113 cm³/mol. The third-order valence-corrected chi connectivity index (χ3v) is 6.94. The van der Waals surface area contributed by atoms with Crippen molar-refractivity contribution in [3.63, 3.8) is 0 Å². The average Bonchev–Trinajstić information content (AvgIpc) is 2.94. The number of aliphatic hydroxyl groups is 1. The van der Waals surface area contributed by atoms with Crippen LogP contribution in [-0.2, 0) is 11.3 Å². The molecule has 0 aromatic carbocycles. The topological polar surface area (TPSA) is 74.6 Å². The van der Waals surface area contributed by atoms with Crippen molar-refractivity contribution in [1.29, 1.82) is 0 Å². The highest BCUT2D eigenvalue weighted by atomic mass is 16.3. The summed E-state index contributed by atoms with van der Waals surface area (Å²) in [6, 6.07) is 3.89. The number of allylic oxidation sites excluding steroid dienone is 2. The highest BCUT2D eigenvalue weighted by Gasteiger charge is 2.55. The van der Waals surface area contributed by atoms with E-state index in [-0.39, 0.29) is 42.0 Å². The number of aromatic nitrogens is 1. The van der Waals surface area contributed by atoms with E-state index in [1.54, 1.807) is 0 Å². The second-order valence-electron chi connectivity index (χ2n) is 8.58. The number of hydrogen-bond donors (Lipinski definition) is 2. The summed E-state index contributed by atoms with van der Waals surface area (Å²) in [6.07, 6.45) is 7.51. The number of fused-ring (bicyclic) bond motifs is 4. The molecule has 3 heterocycles. The van der Waals surface area contributed by atoms with Crippen LogP contribution in [0, 0.1) is 11.8 Å². The van der Waals surface area contributed by atoms with E-state index in [9.17, 15) is 14.7 Å². The molecule has 1 aromatic heterocycles.